The number of hydrogen-bond acceptors (Lipinski definition) is 4. The summed E-state index contributed by atoms with van der Waals surface area (Å²) in [5.41, 5.74) is 0.406. The molecule has 6 heteroatoms. The Labute approximate surface area is 124 Å². The van der Waals surface area contributed by atoms with Crippen LogP contribution in [0.15, 0.2) is 29.2 Å². The van der Waals surface area contributed by atoms with Gasteiger partial charge in [0.15, 0.2) is 0 Å². The van der Waals surface area contributed by atoms with E-state index in [1.807, 2.05) is 6.26 Å². The highest BCUT2D eigenvalue weighted by Crippen LogP contribution is 2.46. The largest absolute Gasteiger partial charge is 0.384 e. The first-order valence-corrected chi connectivity index (χ1v) is 8.97. The van der Waals surface area contributed by atoms with E-state index in [0.29, 0.717) is 12.1 Å². The minimum absolute atomic E-state index is 0.0682. The Morgan fingerprint density at radius 3 is 2.70 bits per heavy atom. The monoisotopic (exact) mass is 311 g/mol. The molecule has 0 atom stereocenters. The van der Waals surface area contributed by atoms with Crippen molar-refractivity contribution >= 4 is 21.8 Å². The lowest BCUT2D eigenvalue weighted by atomic mass is 10.2. The van der Waals surface area contributed by atoms with Crippen LogP contribution in [0.1, 0.15) is 18.4 Å². The lowest BCUT2D eigenvalue weighted by molar-refractivity contribution is 0.350. The van der Waals surface area contributed by atoms with Gasteiger partial charge >= 0.3 is 0 Å². The molecular weight excluding hydrogens is 294 g/mol. The fourth-order valence-electron chi connectivity index (χ4n) is 1.84. The Hall–Kier alpha value is -1.00. The van der Waals surface area contributed by atoms with Crippen LogP contribution in [-0.4, -0.2) is 37.7 Å². The fraction of sp³-hybridized carbons (Fsp3) is 0.429. The van der Waals surface area contributed by atoms with Gasteiger partial charge in [0.25, 0.3) is 0 Å². The van der Waals surface area contributed by atoms with Gasteiger partial charge in [-0.2, -0.15) is 11.8 Å². The molecule has 4 nitrogen and oxygen atoms in total. The molecule has 2 rings (SSSR count). The predicted octanol–water partition coefficient (Wildman–Crippen LogP) is 1.20. The third-order valence-electron chi connectivity index (χ3n) is 3.30. The van der Waals surface area contributed by atoms with Gasteiger partial charge in [-0.05, 0) is 31.2 Å². The molecule has 0 amide bonds. The number of sulfonamides is 1. The van der Waals surface area contributed by atoms with E-state index in [4.69, 9.17) is 5.11 Å². The summed E-state index contributed by atoms with van der Waals surface area (Å²) < 4.78 is 27.4. The number of aliphatic hydroxyl groups is 1. The zero-order chi connectivity index (χ0) is 14.6. The molecule has 0 aliphatic heterocycles. The molecule has 0 saturated heterocycles. The van der Waals surface area contributed by atoms with E-state index >= 15 is 0 Å². The molecule has 1 aromatic carbocycles. The topological polar surface area (TPSA) is 66.4 Å². The van der Waals surface area contributed by atoms with Crippen LogP contribution in [0.5, 0.6) is 0 Å². The van der Waals surface area contributed by atoms with Crippen LogP contribution in [0.3, 0.4) is 0 Å². The van der Waals surface area contributed by atoms with Crippen LogP contribution < -0.4 is 4.72 Å². The number of hydrogen-bond donors (Lipinski definition) is 2. The lowest BCUT2D eigenvalue weighted by Gasteiger charge is -2.14. The van der Waals surface area contributed by atoms with Gasteiger partial charge < -0.3 is 5.11 Å². The van der Waals surface area contributed by atoms with Crippen molar-refractivity contribution in [3.05, 3.63) is 29.8 Å². The summed E-state index contributed by atoms with van der Waals surface area (Å²) in [6, 6.07) is 6.56. The van der Waals surface area contributed by atoms with Crippen LogP contribution in [0, 0.1) is 11.8 Å². The first-order chi connectivity index (χ1) is 9.53. The molecule has 108 valence electrons. The summed E-state index contributed by atoms with van der Waals surface area (Å²) in [7, 11) is -3.57. The van der Waals surface area contributed by atoms with Crippen molar-refractivity contribution in [2.75, 3.05) is 19.4 Å². The van der Waals surface area contributed by atoms with Crippen LogP contribution in [-0.2, 0) is 10.0 Å². The van der Waals surface area contributed by atoms with Gasteiger partial charge in [-0.25, -0.2) is 13.1 Å². The maximum Gasteiger partial charge on any atom is 0.241 e. The molecule has 1 aliphatic rings. The first-order valence-electron chi connectivity index (χ1n) is 6.27. The van der Waals surface area contributed by atoms with Crippen LogP contribution in [0.4, 0.5) is 0 Å². The molecule has 0 radical (unpaired) electrons. The SMILES string of the molecule is CSC1(CNS(=O)(=O)c2ccccc2C#CCO)CC1. The minimum atomic E-state index is -3.57. The zero-order valence-electron chi connectivity index (χ0n) is 11.2. The Morgan fingerprint density at radius 1 is 1.40 bits per heavy atom. The van der Waals surface area contributed by atoms with E-state index in [9.17, 15) is 8.42 Å². The molecule has 1 fully saturated rings. The van der Waals surface area contributed by atoms with Crippen molar-refractivity contribution < 1.29 is 13.5 Å². The van der Waals surface area contributed by atoms with E-state index in [-0.39, 0.29) is 16.2 Å². The highest BCUT2D eigenvalue weighted by molar-refractivity contribution is 8.00. The molecule has 1 saturated carbocycles. The van der Waals surface area contributed by atoms with E-state index in [1.54, 1.807) is 30.0 Å². The lowest BCUT2D eigenvalue weighted by Crippen LogP contribution is -2.32. The van der Waals surface area contributed by atoms with Gasteiger partial charge in [-0.15, -0.1) is 0 Å². The van der Waals surface area contributed by atoms with Gasteiger partial charge in [0.05, 0.1) is 4.90 Å². The second kappa shape index (κ2) is 6.19. The molecule has 0 unspecified atom stereocenters. The van der Waals surface area contributed by atoms with Gasteiger partial charge in [-0.3, -0.25) is 0 Å². The predicted molar refractivity (Wildman–Crippen MR) is 81.1 cm³/mol. The molecule has 0 bridgehead atoms. The Balaban J connectivity index is 2.21. The van der Waals surface area contributed by atoms with Crippen molar-refractivity contribution in [1.82, 2.24) is 4.72 Å². The van der Waals surface area contributed by atoms with Crippen molar-refractivity contribution in [2.24, 2.45) is 0 Å². The highest BCUT2D eigenvalue weighted by atomic mass is 32.2. The average Bonchev–Trinajstić information content (AvgIpc) is 3.24. The van der Waals surface area contributed by atoms with E-state index in [0.717, 1.165) is 12.8 Å². The molecule has 0 aromatic heterocycles. The summed E-state index contributed by atoms with van der Waals surface area (Å²) >= 11 is 1.70. The van der Waals surface area contributed by atoms with Crippen molar-refractivity contribution in [1.29, 1.82) is 0 Å². The maximum absolute atomic E-state index is 12.4. The zero-order valence-corrected chi connectivity index (χ0v) is 12.9. The molecular formula is C14H17NO3S2. The maximum atomic E-state index is 12.4. The van der Waals surface area contributed by atoms with Gasteiger partial charge in [-0.1, -0.05) is 24.0 Å². The summed E-state index contributed by atoms with van der Waals surface area (Å²) in [5, 5.41) is 8.73. The fourth-order valence-corrected chi connectivity index (χ4v) is 3.94. The third-order valence-corrected chi connectivity index (χ3v) is 6.18. The molecule has 1 aromatic rings. The van der Waals surface area contributed by atoms with E-state index < -0.39 is 10.0 Å². The highest BCUT2D eigenvalue weighted by Gasteiger charge is 2.42. The van der Waals surface area contributed by atoms with Crippen LogP contribution in [0.25, 0.3) is 0 Å². The Kier molecular flexibility index (Phi) is 4.76. The van der Waals surface area contributed by atoms with Gasteiger partial charge in [0, 0.05) is 16.9 Å². The minimum Gasteiger partial charge on any atom is -0.384 e. The second-order valence-electron chi connectivity index (χ2n) is 4.67. The molecule has 2 N–H and O–H groups in total. The summed E-state index contributed by atoms with van der Waals surface area (Å²) in [6.45, 7) is 0.148. The molecule has 0 heterocycles. The summed E-state index contributed by atoms with van der Waals surface area (Å²) in [5.74, 6) is 5.15. The van der Waals surface area contributed by atoms with Crippen LogP contribution >= 0.6 is 11.8 Å². The van der Waals surface area contributed by atoms with Gasteiger partial charge in [0.1, 0.15) is 6.61 Å². The summed E-state index contributed by atoms with van der Waals surface area (Å²) in [6.07, 6.45) is 4.09. The number of benzene rings is 1. The van der Waals surface area contributed by atoms with Crippen molar-refractivity contribution in [3.63, 3.8) is 0 Å². The summed E-state index contributed by atoms with van der Waals surface area (Å²) in [4.78, 5) is 0.165. The number of nitrogens with one attached hydrogen (secondary N) is 1. The van der Waals surface area contributed by atoms with E-state index in [1.165, 1.54) is 6.07 Å². The Morgan fingerprint density at radius 2 is 2.10 bits per heavy atom. The van der Waals surface area contributed by atoms with E-state index in [2.05, 4.69) is 16.6 Å². The van der Waals surface area contributed by atoms with Crippen molar-refractivity contribution in [3.8, 4) is 11.8 Å². The third kappa shape index (κ3) is 3.55. The molecule has 1 aliphatic carbocycles. The molecule has 0 spiro atoms. The van der Waals surface area contributed by atoms with Gasteiger partial charge in [0.2, 0.25) is 10.0 Å². The smallest absolute Gasteiger partial charge is 0.241 e. The normalized spacial score (nSPS) is 16.3. The quantitative estimate of drug-likeness (QED) is 0.802. The van der Waals surface area contributed by atoms with Crippen molar-refractivity contribution in [2.45, 2.75) is 22.5 Å². The molecule has 20 heavy (non-hydrogen) atoms. The average molecular weight is 311 g/mol. The number of aliphatic hydroxyl groups excluding tert-OH is 1. The number of rotatable bonds is 5. The second-order valence-corrected chi connectivity index (χ2v) is 7.68. The first kappa shape index (κ1) is 15.4. The van der Waals surface area contributed by atoms with Crippen LogP contribution in [0.2, 0.25) is 0 Å². The Bertz CT molecular complexity index is 640. The standard InChI is InChI=1S/C14H17NO3S2/c1-19-14(8-9-14)11-15-20(17,18)13-7-3-2-5-12(13)6-4-10-16/h2-3,5,7,15-16H,8-11H2,1H3. The number of thioether (sulfide) groups is 1.